The quantitative estimate of drug-likeness (QED) is 0.511. The van der Waals surface area contributed by atoms with Crippen LogP contribution in [0, 0.1) is 7.11 Å². The standard InChI is InChI=1S/C5H10O2/c1-4(6)5(2)7-3/h4-5H,3H2,1-2H3. The summed E-state index contributed by atoms with van der Waals surface area (Å²) in [7, 11) is 3.11. The fraction of sp³-hybridized carbons (Fsp3) is 0.800. The van der Waals surface area contributed by atoms with Gasteiger partial charge in [-0.05, 0) is 13.8 Å². The second kappa shape index (κ2) is 2.99. The van der Waals surface area contributed by atoms with Gasteiger partial charge in [0.15, 0.2) is 0 Å². The van der Waals surface area contributed by atoms with Gasteiger partial charge in [0.05, 0.1) is 13.2 Å². The number of ether oxygens (including phenoxy) is 1. The highest BCUT2D eigenvalue weighted by atomic mass is 16.5. The van der Waals surface area contributed by atoms with Gasteiger partial charge in [-0.15, -0.1) is 0 Å². The maximum absolute atomic E-state index is 10.3. The summed E-state index contributed by atoms with van der Waals surface area (Å²) in [6.07, 6.45) is -0.933. The summed E-state index contributed by atoms with van der Waals surface area (Å²) in [5, 5.41) is 10.3. The van der Waals surface area contributed by atoms with Gasteiger partial charge in [0.1, 0.15) is 6.10 Å². The molecule has 0 N–H and O–H groups in total. The largest absolute Gasteiger partial charge is 0.373 e. The lowest BCUT2D eigenvalue weighted by molar-refractivity contribution is -0.0136. The molecule has 0 fully saturated rings. The molecule has 0 aliphatic rings. The van der Waals surface area contributed by atoms with Crippen LogP contribution in [0.25, 0.3) is 0 Å². The predicted molar refractivity (Wildman–Crippen MR) is 26.1 cm³/mol. The van der Waals surface area contributed by atoms with Gasteiger partial charge in [-0.2, -0.15) is 0 Å². The monoisotopic (exact) mass is 102 g/mol. The Morgan fingerprint density at radius 3 is 2.00 bits per heavy atom. The molecule has 0 aromatic rings. The van der Waals surface area contributed by atoms with Crippen molar-refractivity contribution in [2.24, 2.45) is 0 Å². The maximum atomic E-state index is 10.3. The number of hydrogen-bond donors (Lipinski definition) is 0. The van der Waals surface area contributed by atoms with Crippen LogP contribution in [0.4, 0.5) is 0 Å². The van der Waals surface area contributed by atoms with Crippen LogP contribution >= 0.6 is 0 Å². The molecule has 2 nitrogen and oxygen atoms in total. The minimum Gasteiger partial charge on any atom is -0.373 e. The van der Waals surface area contributed by atoms with Gasteiger partial charge in [-0.3, -0.25) is 0 Å². The molecule has 0 amide bonds. The van der Waals surface area contributed by atoms with Crippen molar-refractivity contribution in [3.05, 3.63) is 7.11 Å². The average molecular weight is 102 g/mol. The molecule has 0 saturated carbocycles. The molecular weight excluding hydrogens is 92.1 g/mol. The summed E-state index contributed by atoms with van der Waals surface area (Å²) < 4.78 is 4.45. The summed E-state index contributed by atoms with van der Waals surface area (Å²) >= 11 is 0. The van der Waals surface area contributed by atoms with E-state index in [9.17, 15) is 5.11 Å². The van der Waals surface area contributed by atoms with E-state index >= 15 is 0 Å². The second-order valence-electron chi connectivity index (χ2n) is 1.58. The van der Waals surface area contributed by atoms with Crippen LogP contribution in [0.2, 0.25) is 0 Å². The van der Waals surface area contributed by atoms with Gasteiger partial charge in [0.2, 0.25) is 0 Å². The topological polar surface area (TPSA) is 29.1 Å². The fourth-order valence-electron chi connectivity index (χ4n) is 0.136. The van der Waals surface area contributed by atoms with E-state index in [1.54, 1.807) is 13.8 Å². The molecule has 0 aliphatic heterocycles. The third-order valence-corrected chi connectivity index (χ3v) is 0.924. The summed E-state index contributed by atoms with van der Waals surface area (Å²) in [5.74, 6) is 0. The molecular formula is C5H10O2. The zero-order valence-electron chi connectivity index (χ0n) is 4.68. The van der Waals surface area contributed by atoms with Gasteiger partial charge in [-0.25, -0.2) is 5.11 Å². The SMILES string of the molecule is [CH2]OC(C)C(C)[O]. The van der Waals surface area contributed by atoms with Crippen molar-refractivity contribution in [1.82, 2.24) is 0 Å². The molecule has 0 aromatic carbocycles. The number of hydrogen-bond acceptors (Lipinski definition) is 1. The fourth-order valence-corrected chi connectivity index (χ4v) is 0.136. The normalized spacial score (nSPS) is 18.9. The molecule has 2 radical (unpaired) electrons. The molecule has 0 aliphatic carbocycles. The lowest BCUT2D eigenvalue weighted by Gasteiger charge is -2.08. The van der Waals surface area contributed by atoms with Gasteiger partial charge in [0.25, 0.3) is 0 Å². The third kappa shape index (κ3) is 2.60. The van der Waals surface area contributed by atoms with Crippen molar-refractivity contribution in [3.8, 4) is 0 Å². The van der Waals surface area contributed by atoms with Crippen LogP contribution in [0.15, 0.2) is 0 Å². The Morgan fingerprint density at radius 1 is 1.57 bits per heavy atom. The van der Waals surface area contributed by atoms with E-state index in [0.717, 1.165) is 0 Å². The molecule has 0 spiro atoms. The molecule has 0 saturated heterocycles. The van der Waals surface area contributed by atoms with Crippen molar-refractivity contribution >= 4 is 0 Å². The van der Waals surface area contributed by atoms with Gasteiger partial charge in [0, 0.05) is 0 Å². The smallest absolute Gasteiger partial charge is 0.116 e. The lowest BCUT2D eigenvalue weighted by atomic mass is 10.3. The maximum Gasteiger partial charge on any atom is 0.116 e. The van der Waals surface area contributed by atoms with Crippen molar-refractivity contribution < 1.29 is 9.84 Å². The molecule has 0 bridgehead atoms. The van der Waals surface area contributed by atoms with Crippen LogP contribution in [0.3, 0.4) is 0 Å². The second-order valence-corrected chi connectivity index (χ2v) is 1.58. The Bertz CT molecular complexity index is 43.3. The highest BCUT2D eigenvalue weighted by Crippen LogP contribution is 1.94. The highest BCUT2D eigenvalue weighted by molar-refractivity contribution is 4.54. The Kier molecular flexibility index (Phi) is 2.96. The molecule has 42 valence electrons. The first-order valence-corrected chi connectivity index (χ1v) is 2.25. The van der Waals surface area contributed by atoms with E-state index in [2.05, 4.69) is 11.8 Å². The molecule has 2 heteroatoms. The zero-order valence-corrected chi connectivity index (χ0v) is 4.68. The van der Waals surface area contributed by atoms with Crippen LogP contribution in [0.1, 0.15) is 13.8 Å². The van der Waals surface area contributed by atoms with Crippen molar-refractivity contribution in [3.63, 3.8) is 0 Å². The first-order valence-electron chi connectivity index (χ1n) is 2.25. The molecule has 0 heterocycles. The first kappa shape index (κ1) is 6.92. The minimum absolute atomic E-state index is 0.264. The molecule has 2 unspecified atom stereocenters. The number of rotatable bonds is 2. The molecule has 0 aromatic heterocycles. The van der Waals surface area contributed by atoms with Crippen molar-refractivity contribution in [1.29, 1.82) is 0 Å². The molecule has 0 rings (SSSR count). The van der Waals surface area contributed by atoms with Gasteiger partial charge >= 0.3 is 0 Å². The minimum atomic E-state index is -0.669. The third-order valence-electron chi connectivity index (χ3n) is 0.924. The van der Waals surface area contributed by atoms with E-state index < -0.39 is 6.10 Å². The average Bonchev–Trinajstić information content (AvgIpc) is 1.65. The predicted octanol–water partition coefficient (Wildman–Crippen LogP) is 1.00. The Hall–Kier alpha value is -0.0800. The Labute approximate surface area is 44.1 Å². The Balaban J connectivity index is 3.14. The zero-order chi connectivity index (χ0) is 5.86. The summed E-state index contributed by atoms with van der Waals surface area (Å²) in [6.45, 7) is 3.25. The highest BCUT2D eigenvalue weighted by Gasteiger charge is 2.06. The summed E-state index contributed by atoms with van der Waals surface area (Å²) in [4.78, 5) is 0. The van der Waals surface area contributed by atoms with Crippen LogP contribution < -0.4 is 0 Å². The molecule has 2 atom stereocenters. The Morgan fingerprint density at radius 2 is 2.00 bits per heavy atom. The summed E-state index contributed by atoms with van der Waals surface area (Å²) in [6, 6.07) is 0. The lowest BCUT2D eigenvalue weighted by Crippen LogP contribution is -2.18. The van der Waals surface area contributed by atoms with E-state index in [1.807, 2.05) is 0 Å². The van der Waals surface area contributed by atoms with Crippen LogP contribution in [0.5, 0.6) is 0 Å². The van der Waals surface area contributed by atoms with Crippen molar-refractivity contribution in [2.45, 2.75) is 26.1 Å². The summed E-state index contributed by atoms with van der Waals surface area (Å²) in [5.41, 5.74) is 0. The van der Waals surface area contributed by atoms with Crippen LogP contribution in [-0.2, 0) is 9.84 Å². The van der Waals surface area contributed by atoms with E-state index in [4.69, 9.17) is 0 Å². The van der Waals surface area contributed by atoms with E-state index in [0.29, 0.717) is 0 Å². The van der Waals surface area contributed by atoms with Crippen LogP contribution in [-0.4, -0.2) is 12.2 Å². The van der Waals surface area contributed by atoms with Gasteiger partial charge in [-0.1, -0.05) is 0 Å². The van der Waals surface area contributed by atoms with Gasteiger partial charge < -0.3 is 4.74 Å². The first-order chi connectivity index (χ1) is 3.18. The van der Waals surface area contributed by atoms with E-state index in [1.165, 1.54) is 0 Å². The van der Waals surface area contributed by atoms with E-state index in [-0.39, 0.29) is 6.10 Å². The van der Waals surface area contributed by atoms with Crippen molar-refractivity contribution in [2.75, 3.05) is 0 Å². The molecule has 7 heavy (non-hydrogen) atoms.